The highest BCUT2D eigenvalue weighted by Crippen LogP contribution is 2.28. The lowest BCUT2D eigenvalue weighted by molar-refractivity contribution is 0.955. The van der Waals surface area contributed by atoms with Gasteiger partial charge >= 0.3 is 0 Å². The highest BCUT2D eigenvalue weighted by atomic mass is 35.5. The molecule has 0 atom stereocenters. The number of anilines is 1. The third kappa shape index (κ3) is 2.02. The number of hydrogen-bond donors (Lipinski definition) is 1. The lowest BCUT2D eigenvalue weighted by atomic mass is 10.1. The number of nitrogens with one attached hydrogen (secondary N) is 1. The van der Waals surface area contributed by atoms with Gasteiger partial charge in [0.05, 0.1) is 11.0 Å². The summed E-state index contributed by atoms with van der Waals surface area (Å²) in [6.07, 6.45) is 0. The Hall–Kier alpha value is -2.79. The lowest BCUT2D eigenvalue weighted by Crippen LogP contribution is -2.19. The van der Waals surface area contributed by atoms with Crippen LogP contribution in [0.3, 0.4) is 0 Å². The second-order valence-corrected chi connectivity index (χ2v) is 6.02. The van der Waals surface area contributed by atoms with E-state index in [2.05, 4.69) is 10.3 Å². The SMILES string of the molecule is CNc1nc2c(=O)n(-c3ccccc3)c3cc(Cl)ccc3c2n1C. The van der Waals surface area contributed by atoms with E-state index in [1.165, 1.54) is 0 Å². The number of fused-ring (bicyclic) bond motifs is 3. The van der Waals surface area contributed by atoms with Crippen LogP contribution in [0.1, 0.15) is 0 Å². The summed E-state index contributed by atoms with van der Waals surface area (Å²) in [5.74, 6) is 0.643. The number of imidazole rings is 1. The first-order valence-electron chi connectivity index (χ1n) is 7.55. The molecular formula is C18H15ClN4O. The molecule has 1 N–H and O–H groups in total. The first-order chi connectivity index (χ1) is 11.6. The molecule has 0 radical (unpaired) electrons. The van der Waals surface area contributed by atoms with Crippen LogP contribution in [-0.2, 0) is 7.05 Å². The second kappa shape index (κ2) is 5.39. The van der Waals surface area contributed by atoms with Crippen LogP contribution in [0.25, 0.3) is 27.6 Å². The van der Waals surface area contributed by atoms with Gasteiger partial charge in [0.25, 0.3) is 5.56 Å². The van der Waals surface area contributed by atoms with Crippen molar-refractivity contribution in [1.29, 1.82) is 0 Å². The van der Waals surface area contributed by atoms with Crippen molar-refractivity contribution in [2.45, 2.75) is 0 Å². The molecule has 0 aliphatic heterocycles. The van der Waals surface area contributed by atoms with Crippen molar-refractivity contribution in [3.63, 3.8) is 0 Å². The average Bonchev–Trinajstić information content (AvgIpc) is 2.93. The Balaban J connectivity index is 2.28. The fraction of sp³-hybridized carbons (Fsp3) is 0.111. The van der Waals surface area contributed by atoms with E-state index in [1.807, 2.05) is 60.1 Å². The Kier molecular flexibility index (Phi) is 3.32. The smallest absolute Gasteiger partial charge is 0.283 e. The zero-order valence-corrected chi connectivity index (χ0v) is 14.0. The molecule has 0 aliphatic carbocycles. The van der Waals surface area contributed by atoms with Crippen LogP contribution in [0.4, 0.5) is 5.95 Å². The zero-order valence-electron chi connectivity index (χ0n) is 13.2. The van der Waals surface area contributed by atoms with E-state index in [0.717, 1.165) is 22.1 Å². The molecule has 4 rings (SSSR count). The minimum Gasteiger partial charge on any atom is -0.359 e. The van der Waals surface area contributed by atoms with Crippen LogP contribution < -0.4 is 10.9 Å². The Labute approximate surface area is 143 Å². The highest BCUT2D eigenvalue weighted by Gasteiger charge is 2.18. The van der Waals surface area contributed by atoms with Gasteiger partial charge < -0.3 is 9.88 Å². The van der Waals surface area contributed by atoms with Crippen LogP contribution in [0.15, 0.2) is 53.3 Å². The predicted octanol–water partition coefficient (Wildman–Crippen LogP) is 3.57. The molecule has 6 heteroatoms. The molecule has 2 heterocycles. The number of aryl methyl sites for hydroxylation is 1. The minimum absolute atomic E-state index is 0.164. The van der Waals surface area contributed by atoms with E-state index >= 15 is 0 Å². The van der Waals surface area contributed by atoms with Crippen molar-refractivity contribution in [2.75, 3.05) is 12.4 Å². The Bertz CT molecular complexity index is 1130. The molecule has 2 aromatic carbocycles. The van der Waals surface area contributed by atoms with Gasteiger partial charge in [0.1, 0.15) is 0 Å². The molecule has 120 valence electrons. The topological polar surface area (TPSA) is 51.9 Å². The molecule has 24 heavy (non-hydrogen) atoms. The van der Waals surface area contributed by atoms with Gasteiger partial charge in [0.15, 0.2) is 5.52 Å². The fourth-order valence-electron chi connectivity index (χ4n) is 3.12. The van der Waals surface area contributed by atoms with Gasteiger partial charge in [0, 0.05) is 30.2 Å². The molecule has 0 spiro atoms. The molecule has 0 fully saturated rings. The fourth-order valence-corrected chi connectivity index (χ4v) is 3.28. The summed E-state index contributed by atoms with van der Waals surface area (Å²) >= 11 is 6.20. The maximum absolute atomic E-state index is 13.2. The molecular weight excluding hydrogens is 324 g/mol. The maximum atomic E-state index is 13.2. The normalized spacial score (nSPS) is 11.3. The average molecular weight is 339 g/mol. The van der Waals surface area contributed by atoms with Gasteiger partial charge in [-0.15, -0.1) is 0 Å². The maximum Gasteiger partial charge on any atom is 0.283 e. The Morgan fingerprint density at radius 3 is 2.58 bits per heavy atom. The van der Waals surface area contributed by atoms with Crippen molar-refractivity contribution in [3.8, 4) is 5.69 Å². The second-order valence-electron chi connectivity index (χ2n) is 5.58. The third-order valence-corrected chi connectivity index (χ3v) is 4.43. The van der Waals surface area contributed by atoms with E-state index in [9.17, 15) is 4.79 Å². The van der Waals surface area contributed by atoms with Crippen molar-refractivity contribution in [2.24, 2.45) is 7.05 Å². The first kappa shape index (κ1) is 14.8. The number of benzene rings is 2. The molecule has 5 nitrogen and oxygen atoms in total. The summed E-state index contributed by atoms with van der Waals surface area (Å²) in [7, 11) is 3.68. The third-order valence-electron chi connectivity index (χ3n) is 4.19. The first-order valence-corrected chi connectivity index (χ1v) is 7.93. The number of halogens is 1. The van der Waals surface area contributed by atoms with Gasteiger partial charge in [-0.05, 0) is 30.3 Å². The van der Waals surface area contributed by atoms with Gasteiger partial charge in [-0.1, -0.05) is 29.8 Å². The number of para-hydroxylation sites is 1. The number of rotatable bonds is 2. The molecule has 0 saturated heterocycles. The lowest BCUT2D eigenvalue weighted by Gasteiger charge is -2.12. The molecule has 0 bridgehead atoms. The van der Waals surface area contributed by atoms with Crippen LogP contribution in [0.5, 0.6) is 0 Å². The van der Waals surface area contributed by atoms with E-state index < -0.39 is 0 Å². The Morgan fingerprint density at radius 2 is 1.88 bits per heavy atom. The number of hydrogen-bond acceptors (Lipinski definition) is 3. The summed E-state index contributed by atoms with van der Waals surface area (Å²) in [5, 5.41) is 4.54. The van der Waals surface area contributed by atoms with Crippen LogP contribution in [-0.4, -0.2) is 21.2 Å². The number of pyridine rings is 1. The molecule has 0 saturated carbocycles. The van der Waals surface area contributed by atoms with Crippen molar-refractivity contribution in [1.82, 2.24) is 14.1 Å². The molecule has 0 amide bonds. The van der Waals surface area contributed by atoms with Gasteiger partial charge in [-0.3, -0.25) is 9.36 Å². The largest absolute Gasteiger partial charge is 0.359 e. The predicted molar refractivity (Wildman–Crippen MR) is 98.4 cm³/mol. The zero-order chi connectivity index (χ0) is 16.8. The molecule has 0 unspecified atom stereocenters. The summed E-state index contributed by atoms with van der Waals surface area (Å²) in [5.41, 5.74) is 2.61. The molecule has 4 aromatic rings. The van der Waals surface area contributed by atoms with Crippen LogP contribution >= 0.6 is 11.6 Å². The summed E-state index contributed by atoms with van der Waals surface area (Å²) in [6, 6.07) is 15.1. The molecule has 0 aliphatic rings. The van der Waals surface area contributed by atoms with Crippen molar-refractivity contribution >= 4 is 39.5 Å². The van der Waals surface area contributed by atoms with Gasteiger partial charge in [0.2, 0.25) is 5.95 Å². The van der Waals surface area contributed by atoms with Crippen LogP contribution in [0.2, 0.25) is 5.02 Å². The minimum atomic E-state index is -0.164. The monoisotopic (exact) mass is 338 g/mol. The van der Waals surface area contributed by atoms with Gasteiger partial charge in [-0.2, -0.15) is 0 Å². The van der Waals surface area contributed by atoms with E-state index in [0.29, 0.717) is 16.5 Å². The van der Waals surface area contributed by atoms with E-state index in [-0.39, 0.29) is 5.56 Å². The Morgan fingerprint density at radius 1 is 1.12 bits per heavy atom. The summed E-state index contributed by atoms with van der Waals surface area (Å²) in [6.45, 7) is 0. The van der Waals surface area contributed by atoms with E-state index in [1.54, 1.807) is 11.6 Å². The number of nitrogens with zero attached hydrogens (tertiary/aromatic N) is 3. The highest BCUT2D eigenvalue weighted by molar-refractivity contribution is 6.31. The van der Waals surface area contributed by atoms with Crippen molar-refractivity contribution < 1.29 is 0 Å². The van der Waals surface area contributed by atoms with Gasteiger partial charge in [-0.25, -0.2) is 4.98 Å². The number of aromatic nitrogens is 3. The standard InChI is InChI=1S/C18H15ClN4O/c1-20-18-21-15-16(22(18)2)13-9-8-11(19)10-14(13)23(17(15)24)12-6-4-3-5-7-12/h3-10H,1-2H3,(H,20,21). The van der Waals surface area contributed by atoms with Crippen molar-refractivity contribution in [3.05, 3.63) is 63.9 Å². The summed E-state index contributed by atoms with van der Waals surface area (Å²) < 4.78 is 3.55. The summed E-state index contributed by atoms with van der Waals surface area (Å²) in [4.78, 5) is 17.6. The molecule has 2 aromatic heterocycles. The van der Waals surface area contributed by atoms with Crippen LogP contribution in [0, 0.1) is 0 Å². The van der Waals surface area contributed by atoms with E-state index in [4.69, 9.17) is 11.6 Å². The quantitative estimate of drug-likeness (QED) is 0.608.